The number of carbonyl (C=O) groups is 1. The lowest BCUT2D eigenvalue weighted by molar-refractivity contribution is 0.265. The van der Waals surface area contributed by atoms with Crippen LogP contribution in [-0.2, 0) is 0 Å². The summed E-state index contributed by atoms with van der Waals surface area (Å²) < 4.78 is 0. The zero-order valence-electron chi connectivity index (χ0n) is 20.4. The number of aromatic hydroxyl groups is 1. The summed E-state index contributed by atoms with van der Waals surface area (Å²) in [7, 11) is 0. The van der Waals surface area contributed by atoms with E-state index in [9.17, 15) is 9.90 Å². The van der Waals surface area contributed by atoms with Gasteiger partial charge in [-0.2, -0.15) is 5.10 Å². The normalized spacial score (nSPS) is 19.2. The third kappa shape index (κ3) is 5.10. The minimum absolute atomic E-state index is 0.104. The van der Waals surface area contributed by atoms with Gasteiger partial charge < -0.3 is 10.4 Å². The van der Waals surface area contributed by atoms with Crippen molar-refractivity contribution < 1.29 is 9.90 Å². The summed E-state index contributed by atoms with van der Waals surface area (Å²) in [5.74, 6) is 0.665. The van der Waals surface area contributed by atoms with E-state index in [0.717, 1.165) is 45.6 Å². The number of aliphatic imine (C=N–C) groups is 1. The molecule has 1 unspecified atom stereocenters. The number of benzene rings is 4. The van der Waals surface area contributed by atoms with Crippen LogP contribution in [0.1, 0.15) is 29.2 Å². The summed E-state index contributed by atoms with van der Waals surface area (Å²) in [6.45, 7) is 0. The van der Waals surface area contributed by atoms with Crippen molar-refractivity contribution in [1.82, 2.24) is 5.32 Å². The Bertz CT molecular complexity index is 1550. The fourth-order valence-electron chi connectivity index (χ4n) is 4.53. The molecule has 0 bridgehead atoms. The second-order valence-corrected chi connectivity index (χ2v) is 9.99. The van der Waals surface area contributed by atoms with Crippen molar-refractivity contribution in [2.24, 2.45) is 10.1 Å². The first kappa shape index (κ1) is 23.8. The molecule has 2 aliphatic heterocycles. The van der Waals surface area contributed by atoms with E-state index < -0.39 is 0 Å². The second kappa shape index (κ2) is 10.4. The Morgan fingerprint density at radius 3 is 2.29 bits per heavy atom. The topological polar surface area (TPSA) is 77.3 Å². The molecule has 186 valence electrons. The van der Waals surface area contributed by atoms with Crippen LogP contribution < -0.4 is 10.3 Å². The zero-order chi connectivity index (χ0) is 25.9. The number of phenols is 1. The maximum Gasteiger partial charge on any atom is 0.289 e. The van der Waals surface area contributed by atoms with E-state index in [-0.39, 0.29) is 17.0 Å². The van der Waals surface area contributed by atoms with E-state index in [1.54, 1.807) is 24.3 Å². The van der Waals surface area contributed by atoms with Crippen LogP contribution in [0, 0.1) is 0 Å². The number of nitrogens with zero attached hydrogens (tertiary/aromatic N) is 3. The maximum absolute atomic E-state index is 12.1. The number of phenolic OH excluding ortho intramolecular Hbond substituents is 1. The van der Waals surface area contributed by atoms with Gasteiger partial charge in [0.1, 0.15) is 11.6 Å². The molecule has 0 radical (unpaired) electrons. The highest BCUT2D eigenvalue weighted by atomic mass is 32.2. The van der Waals surface area contributed by atoms with E-state index in [1.165, 1.54) is 5.56 Å². The highest BCUT2D eigenvalue weighted by Gasteiger charge is 2.30. The van der Waals surface area contributed by atoms with Crippen LogP contribution in [0.2, 0.25) is 0 Å². The predicted octanol–water partition coefficient (Wildman–Crippen LogP) is 7.28. The molecule has 2 aliphatic rings. The molecule has 1 amide bonds. The molecule has 4 aromatic carbocycles. The minimum atomic E-state index is -0.170. The average molecular weight is 517 g/mol. The molecule has 1 saturated heterocycles. The van der Waals surface area contributed by atoms with E-state index in [0.29, 0.717) is 11.5 Å². The molecule has 2 heterocycles. The third-order valence-electron chi connectivity index (χ3n) is 6.40. The molecule has 2 N–H and O–H groups in total. The second-order valence-electron chi connectivity index (χ2n) is 8.98. The van der Waals surface area contributed by atoms with Gasteiger partial charge in [0, 0.05) is 6.42 Å². The Hall–Kier alpha value is -4.62. The predicted molar refractivity (Wildman–Crippen MR) is 155 cm³/mol. The maximum atomic E-state index is 12.1. The first-order valence-corrected chi connectivity index (χ1v) is 13.1. The van der Waals surface area contributed by atoms with Crippen LogP contribution in [0.3, 0.4) is 0 Å². The van der Waals surface area contributed by atoms with Crippen molar-refractivity contribution >= 4 is 46.0 Å². The number of carbonyl (C=O) groups excluding carboxylic acids is 1. The van der Waals surface area contributed by atoms with Gasteiger partial charge in [-0.25, -0.2) is 4.99 Å². The van der Waals surface area contributed by atoms with Crippen LogP contribution in [0.5, 0.6) is 5.75 Å². The van der Waals surface area contributed by atoms with Crippen LogP contribution in [0.4, 0.5) is 16.2 Å². The fourth-order valence-corrected chi connectivity index (χ4v) is 5.27. The SMILES string of the molecule is O=C1NC(=Nc2ccc(O)cc2)/C(=C/c2ccc(N3N=C(c4ccccc4)CC3c3ccccc3)cc2)S1. The highest BCUT2D eigenvalue weighted by Crippen LogP contribution is 2.37. The standard InChI is InChI=1S/C31H24N4O2S/c36-26-17-13-24(14-18-26)32-30-29(38-31(37)33-30)19-21-11-15-25(16-12-21)35-28(23-9-5-2-6-10-23)20-27(34-35)22-7-3-1-4-8-22/h1-19,28,36H,20H2,(H,32,33,37)/b29-19-. The molecule has 38 heavy (non-hydrogen) atoms. The van der Waals surface area contributed by atoms with Crippen LogP contribution in [-0.4, -0.2) is 21.9 Å². The van der Waals surface area contributed by atoms with Gasteiger partial charge in [0.15, 0.2) is 0 Å². The van der Waals surface area contributed by atoms with Gasteiger partial charge >= 0.3 is 0 Å². The van der Waals surface area contributed by atoms with Crippen molar-refractivity contribution in [3.05, 3.63) is 131 Å². The molecule has 0 saturated carbocycles. The Morgan fingerprint density at radius 1 is 0.895 bits per heavy atom. The molecule has 0 aromatic heterocycles. The Kier molecular flexibility index (Phi) is 6.50. The molecule has 4 aromatic rings. The lowest BCUT2D eigenvalue weighted by Crippen LogP contribution is -2.18. The molecule has 6 rings (SSSR count). The van der Waals surface area contributed by atoms with Gasteiger partial charge in [-0.3, -0.25) is 9.80 Å². The number of anilines is 1. The number of hydrazone groups is 1. The van der Waals surface area contributed by atoms with Gasteiger partial charge in [0.25, 0.3) is 5.24 Å². The van der Waals surface area contributed by atoms with Gasteiger partial charge in [-0.15, -0.1) is 0 Å². The van der Waals surface area contributed by atoms with Crippen LogP contribution in [0.25, 0.3) is 6.08 Å². The van der Waals surface area contributed by atoms with E-state index in [2.05, 4.69) is 63.8 Å². The molecule has 7 heteroatoms. The van der Waals surface area contributed by atoms with Crippen molar-refractivity contribution in [3.63, 3.8) is 0 Å². The number of amides is 1. The third-order valence-corrected chi connectivity index (χ3v) is 7.22. The number of hydrogen-bond acceptors (Lipinski definition) is 6. The van der Waals surface area contributed by atoms with Crippen molar-refractivity contribution in [2.45, 2.75) is 12.5 Å². The number of rotatable bonds is 5. The molecule has 0 spiro atoms. The number of amidine groups is 1. The summed E-state index contributed by atoms with van der Waals surface area (Å²) in [5.41, 5.74) is 6.01. The van der Waals surface area contributed by atoms with Crippen molar-refractivity contribution in [1.29, 1.82) is 0 Å². The average Bonchev–Trinajstić information content (AvgIpc) is 3.55. The Morgan fingerprint density at radius 2 is 1.58 bits per heavy atom. The smallest absolute Gasteiger partial charge is 0.289 e. The molecule has 6 nitrogen and oxygen atoms in total. The van der Waals surface area contributed by atoms with Crippen LogP contribution >= 0.6 is 11.8 Å². The molecular weight excluding hydrogens is 492 g/mol. The summed E-state index contributed by atoms with van der Waals surface area (Å²) in [4.78, 5) is 17.4. The first-order valence-electron chi connectivity index (χ1n) is 12.3. The highest BCUT2D eigenvalue weighted by molar-refractivity contribution is 8.18. The first-order chi connectivity index (χ1) is 18.6. The molecule has 0 aliphatic carbocycles. The van der Waals surface area contributed by atoms with E-state index in [4.69, 9.17) is 5.10 Å². The fraction of sp³-hybridized carbons (Fsp3) is 0.0645. The summed E-state index contributed by atoms with van der Waals surface area (Å²) in [6, 6.07) is 35.6. The summed E-state index contributed by atoms with van der Waals surface area (Å²) in [6.07, 6.45) is 2.77. The monoisotopic (exact) mass is 516 g/mol. The lowest BCUT2D eigenvalue weighted by atomic mass is 9.98. The van der Waals surface area contributed by atoms with E-state index in [1.807, 2.05) is 42.5 Å². The van der Waals surface area contributed by atoms with Gasteiger partial charge in [0.05, 0.1) is 28.0 Å². The largest absolute Gasteiger partial charge is 0.508 e. The number of thioether (sulfide) groups is 1. The van der Waals surface area contributed by atoms with Crippen molar-refractivity contribution in [2.75, 3.05) is 5.01 Å². The Balaban J connectivity index is 1.29. The zero-order valence-corrected chi connectivity index (χ0v) is 21.2. The Labute approximate surface area is 225 Å². The number of hydrogen-bond donors (Lipinski definition) is 2. The van der Waals surface area contributed by atoms with Crippen LogP contribution in [0.15, 0.2) is 124 Å². The molecule has 1 fully saturated rings. The molecule has 1 atom stereocenters. The number of nitrogens with one attached hydrogen (secondary N) is 1. The van der Waals surface area contributed by atoms with Gasteiger partial charge in [0.2, 0.25) is 0 Å². The minimum Gasteiger partial charge on any atom is -0.508 e. The quantitative estimate of drug-likeness (QED) is 0.292. The summed E-state index contributed by atoms with van der Waals surface area (Å²) in [5, 5.41) is 19.3. The lowest BCUT2D eigenvalue weighted by Gasteiger charge is -2.24. The van der Waals surface area contributed by atoms with E-state index >= 15 is 0 Å². The summed E-state index contributed by atoms with van der Waals surface area (Å²) >= 11 is 1.11. The van der Waals surface area contributed by atoms with Crippen molar-refractivity contribution in [3.8, 4) is 5.75 Å². The van der Waals surface area contributed by atoms with Gasteiger partial charge in [-0.05, 0) is 70.9 Å². The molecular formula is C31H24N4O2S. The van der Waals surface area contributed by atoms with Gasteiger partial charge in [-0.1, -0.05) is 72.8 Å².